The van der Waals surface area contributed by atoms with E-state index >= 15 is 0 Å². The second-order valence-corrected chi connectivity index (χ2v) is 7.33. The number of carbonyl (C=O) groups is 1. The van der Waals surface area contributed by atoms with Crippen LogP contribution in [0.5, 0.6) is 11.5 Å². The lowest BCUT2D eigenvalue weighted by Crippen LogP contribution is -2.20. The van der Waals surface area contributed by atoms with Crippen LogP contribution in [0.4, 0.5) is 10.1 Å². The zero-order valence-electron chi connectivity index (χ0n) is 15.6. The first-order chi connectivity index (χ1) is 14.7. The first-order valence-corrected chi connectivity index (χ1v) is 9.49. The normalized spacial score (nSPS) is 18.6. The molecular weight excluding hydrogens is 387 g/mol. The summed E-state index contributed by atoms with van der Waals surface area (Å²) in [5, 5.41) is 3.31. The van der Waals surface area contributed by atoms with E-state index in [0.717, 1.165) is 33.6 Å². The van der Waals surface area contributed by atoms with Gasteiger partial charge in [0.2, 0.25) is 6.79 Å². The van der Waals surface area contributed by atoms with E-state index in [0.29, 0.717) is 17.1 Å². The van der Waals surface area contributed by atoms with Crippen molar-refractivity contribution in [1.29, 1.82) is 0 Å². The van der Waals surface area contributed by atoms with Gasteiger partial charge in [-0.25, -0.2) is 9.18 Å². The van der Waals surface area contributed by atoms with E-state index in [1.807, 2.05) is 18.2 Å². The van der Waals surface area contributed by atoms with Gasteiger partial charge in [0.05, 0.1) is 11.3 Å². The Morgan fingerprint density at radius 1 is 0.967 bits per heavy atom. The number of nitrogens with zero attached hydrogens (tertiary/aromatic N) is 1. The van der Waals surface area contributed by atoms with Crippen molar-refractivity contribution in [2.75, 3.05) is 18.7 Å². The molecule has 0 amide bonds. The standard InChI is InChI=1S/C23H15FN2O4/c24-15-3-1-12(2-4-15)13-5-14(9-25-8-13)21-16-6-19-20(30-11-29-19)7-17(16)26-18-10-28-23(27)22(18)21/h1-9,21,26H,10-11H2. The summed E-state index contributed by atoms with van der Waals surface area (Å²) in [5.41, 5.74) is 5.55. The zero-order chi connectivity index (χ0) is 20.2. The second-order valence-electron chi connectivity index (χ2n) is 7.33. The van der Waals surface area contributed by atoms with E-state index in [1.54, 1.807) is 24.5 Å². The Balaban J connectivity index is 1.52. The maximum absolute atomic E-state index is 13.3. The highest BCUT2D eigenvalue weighted by Gasteiger charge is 2.39. The van der Waals surface area contributed by atoms with Gasteiger partial charge in [0.1, 0.15) is 12.4 Å². The molecule has 0 saturated carbocycles. The monoisotopic (exact) mass is 402 g/mol. The zero-order valence-corrected chi connectivity index (χ0v) is 15.6. The summed E-state index contributed by atoms with van der Waals surface area (Å²) in [6.45, 7) is 0.364. The average Bonchev–Trinajstić information content (AvgIpc) is 3.37. The van der Waals surface area contributed by atoms with Crippen LogP contribution < -0.4 is 14.8 Å². The van der Waals surface area contributed by atoms with Gasteiger partial charge in [-0.2, -0.15) is 0 Å². The first kappa shape index (κ1) is 17.0. The van der Waals surface area contributed by atoms with E-state index < -0.39 is 0 Å². The summed E-state index contributed by atoms with van der Waals surface area (Å²) < 4.78 is 29.7. The lowest BCUT2D eigenvalue weighted by atomic mass is 9.81. The number of cyclic esters (lactones) is 1. The molecule has 4 heterocycles. The Morgan fingerprint density at radius 3 is 2.60 bits per heavy atom. The second kappa shape index (κ2) is 6.32. The quantitative estimate of drug-likeness (QED) is 0.654. The number of ether oxygens (including phenoxy) is 3. The van der Waals surface area contributed by atoms with Crippen LogP contribution in [0.1, 0.15) is 17.0 Å². The number of benzene rings is 2. The fourth-order valence-electron chi connectivity index (χ4n) is 4.20. The van der Waals surface area contributed by atoms with Gasteiger partial charge in [-0.15, -0.1) is 0 Å². The van der Waals surface area contributed by atoms with Crippen LogP contribution in [-0.4, -0.2) is 24.4 Å². The topological polar surface area (TPSA) is 69.7 Å². The van der Waals surface area contributed by atoms with Crippen LogP contribution in [0.25, 0.3) is 11.1 Å². The van der Waals surface area contributed by atoms with Gasteiger partial charge in [-0.1, -0.05) is 12.1 Å². The van der Waals surface area contributed by atoms with Crippen molar-refractivity contribution in [2.45, 2.75) is 5.92 Å². The van der Waals surface area contributed by atoms with Crippen LogP contribution in [0, 0.1) is 5.82 Å². The molecule has 0 saturated heterocycles. The molecule has 2 aromatic carbocycles. The maximum atomic E-state index is 13.3. The van der Waals surface area contributed by atoms with Gasteiger partial charge in [0.15, 0.2) is 11.5 Å². The van der Waals surface area contributed by atoms with Gasteiger partial charge in [-0.05, 0) is 41.0 Å². The third-order valence-corrected chi connectivity index (χ3v) is 5.59. The number of nitrogens with one attached hydrogen (secondary N) is 1. The van der Waals surface area contributed by atoms with E-state index in [2.05, 4.69) is 10.3 Å². The van der Waals surface area contributed by atoms with E-state index in [9.17, 15) is 9.18 Å². The van der Waals surface area contributed by atoms with Gasteiger partial charge < -0.3 is 19.5 Å². The van der Waals surface area contributed by atoms with Gasteiger partial charge in [0, 0.05) is 35.6 Å². The van der Waals surface area contributed by atoms with E-state index in [-0.39, 0.29) is 31.1 Å². The molecular formula is C23H15FN2O4. The lowest BCUT2D eigenvalue weighted by Gasteiger charge is -2.27. The highest BCUT2D eigenvalue weighted by Crippen LogP contribution is 2.49. The highest BCUT2D eigenvalue weighted by molar-refractivity contribution is 5.97. The number of hydrogen-bond acceptors (Lipinski definition) is 6. The van der Waals surface area contributed by atoms with Crippen LogP contribution in [0.3, 0.4) is 0 Å². The molecule has 3 aromatic rings. The SMILES string of the molecule is O=C1OCC2=C1C(c1cncc(-c3ccc(F)cc3)c1)c1cc3c(cc1N2)OCO3. The fourth-order valence-corrected chi connectivity index (χ4v) is 4.20. The summed E-state index contributed by atoms with van der Waals surface area (Å²) in [6, 6.07) is 12.0. The average molecular weight is 402 g/mol. The number of pyridine rings is 1. The molecule has 0 bridgehead atoms. The number of halogens is 1. The fraction of sp³-hybridized carbons (Fsp3) is 0.130. The molecule has 0 spiro atoms. The third kappa shape index (κ3) is 2.55. The van der Waals surface area contributed by atoms with Crippen LogP contribution in [0.15, 0.2) is 66.1 Å². The summed E-state index contributed by atoms with van der Waals surface area (Å²) in [6.07, 6.45) is 3.47. The largest absolute Gasteiger partial charge is 0.456 e. The molecule has 1 N–H and O–H groups in total. The molecule has 1 unspecified atom stereocenters. The van der Waals surface area contributed by atoms with Crippen molar-refractivity contribution in [3.05, 3.63) is 83.1 Å². The number of fused-ring (bicyclic) bond motifs is 2. The Morgan fingerprint density at radius 2 is 1.77 bits per heavy atom. The molecule has 1 aromatic heterocycles. The Labute approximate surface area is 170 Å². The molecule has 7 heteroatoms. The molecule has 6 rings (SSSR count). The Bertz CT molecular complexity index is 1240. The molecule has 1 atom stereocenters. The van der Waals surface area contributed by atoms with Crippen molar-refractivity contribution in [2.24, 2.45) is 0 Å². The minimum atomic E-state index is -0.367. The summed E-state index contributed by atoms with van der Waals surface area (Å²) in [4.78, 5) is 17.0. The van der Waals surface area contributed by atoms with Crippen molar-refractivity contribution in [1.82, 2.24) is 4.98 Å². The third-order valence-electron chi connectivity index (χ3n) is 5.59. The number of esters is 1. The van der Waals surface area contributed by atoms with Crippen molar-refractivity contribution >= 4 is 11.7 Å². The van der Waals surface area contributed by atoms with Crippen LogP contribution >= 0.6 is 0 Å². The highest BCUT2D eigenvalue weighted by atomic mass is 19.1. The lowest BCUT2D eigenvalue weighted by molar-refractivity contribution is -0.136. The van der Waals surface area contributed by atoms with Gasteiger partial charge in [0.25, 0.3) is 0 Å². The Hall–Kier alpha value is -3.87. The minimum absolute atomic E-state index is 0.166. The molecule has 0 aliphatic carbocycles. The van der Waals surface area contributed by atoms with Crippen molar-refractivity contribution < 1.29 is 23.4 Å². The molecule has 30 heavy (non-hydrogen) atoms. The van der Waals surface area contributed by atoms with E-state index in [4.69, 9.17) is 14.2 Å². The number of carbonyl (C=O) groups excluding carboxylic acids is 1. The van der Waals surface area contributed by atoms with Crippen molar-refractivity contribution in [3.8, 4) is 22.6 Å². The number of anilines is 1. The molecule has 6 nitrogen and oxygen atoms in total. The molecule has 0 radical (unpaired) electrons. The van der Waals surface area contributed by atoms with E-state index in [1.165, 1.54) is 12.1 Å². The predicted octanol–water partition coefficient (Wildman–Crippen LogP) is 3.98. The number of aromatic nitrogens is 1. The number of hydrogen-bond donors (Lipinski definition) is 1. The molecule has 0 fully saturated rings. The van der Waals surface area contributed by atoms with Gasteiger partial charge in [-0.3, -0.25) is 4.98 Å². The maximum Gasteiger partial charge on any atom is 0.337 e. The Kier molecular flexibility index (Phi) is 3.59. The van der Waals surface area contributed by atoms with Crippen LogP contribution in [0.2, 0.25) is 0 Å². The summed E-state index contributed by atoms with van der Waals surface area (Å²) >= 11 is 0. The van der Waals surface area contributed by atoms with Crippen LogP contribution in [-0.2, 0) is 9.53 Å². The summed E-state index contributed by atoms with van der Waals surface area (Å²) in [5.74, 6) is 0.285. The van der Waals surface area contributed by atoms with Crippen molar-refractivity contribution in [3.63, 3.8) is 0 Å². The van der Waals surface area contributed by atoms with Gasteiger partial charge >= 0.3 is 5.97 Å². The summed E-state index contributed by atoms with van der Waals surface area (Å²) in [7, 11) is 0. The molecule has 148 valence electrons. The number of rotatable bonds is 2. The molecule has 3 aliphatic rings. The minimum Gasteiger partial charge on any atom is -0.456 e. The molecule has 3 aliphatic heterocycles. The first-order valence-electron chi connectivity index (χ1n) is 9.49. The smallest absolute Gasteiger partial charge is 0.337 e. The predicted molar refractivity (Wildman–Crippen MR) is 106 cm³/mol.